The van der Waals surface area contributed by atoms with Crippen molar-refractivity contribution in [3.05, 3.63) is 68.7 Å². The van der Waals surface area contributed by atoms with Gasteiger partial charge in [-0.15, -0.1) is 11.3 Å². The maximum Gasteiger partial charge on any atom is 0.143 e. The van der Waals surface area contributed by atoms with Gasteiger partial charge in [-0.05, 0) is 29.7 Å². The van der Waals surface area contributed by atoms with Crippen LogP contribution in [0.2, 0.25) is 15.1 Å². The lowest BCUT2D eigenvalue weighted by molar-refractivity contribution is 1.14. The molecule has 0 radical (unpaired) electrons. The van der Waals surface area contributed by atoms with Gasteiger partial charge in [-0.3, -0.25) is 0 Å². The molecule has 0 aliphatic rings. The molecule has 2 aromatic carbocycles. The average Bonchev–Trinajstić information content (AvgIpc) is 3.09. The Kier molecular flexibility index (Phi) is 5.24. The molecular formula is C20H14Cl3N3S. The van der Waals surface area contributed by atoms with Gasteiger partial charge >= 0.3 is 0 Å². The Morgan fingerprint density at radius 3 is 2.37 bits per heavy atom. The van der Waals surface area contributed by atoms with E-state index in [2.05, 4.69) is 51.9 Å². The van der Waals surface area contributed by atoms with E-state index < -0.39 is 0 Å². The molecule has 0 fully saturated rings. The second kappa shape index (κ2) is 7.64. The van der Waals surface area contributed by atoms with Gasteiger partial charge in [0.1, 0.15) is 17.0 Å². The summed E-state index contributed by atoms with van der Waals surface area (Å²) >= 11 is 20.2. The lowest BCUT2D eigenvalue weighted by Gasteiger charge is -2.12. The maximum atomic E-state index is 6.33. The lowest BCUT2D eigenvalue weighted by Crippen LogP contribution is -1.97. The van der Waals surface area contributed by atoms with Crippen molar-refractivity contribution in [2.45, 2.75) is 13.3 Å². The van der Waals surface area contributed by atoms with Crippen LogP contribution in [-0.4, -0.2) is 9.97 Å². The molecule has 1 N–H and O–H groups in total. The van der Waals surface area contributed by atoms with Crippen molar-refractivity contribution >= 4 is 67.9 Å². The largest absolute Gasteiger partial charge is 0.337 e. The van der Waals surface area contributed by atoms with Crippen LogP contribution in [-0.2, 0) is 6.42 Å². The topological polar surface area (TPSA) is 37.8 Å². The summed E-state index contributed by atoms with van der Waals surface area (Å²) in [4.78, 5) is 9.73. The van der Waals surface area contributed by atoms with Crippen molar-refractivity contribution in [1.82, 2.24) is 9.97 Å². The summed E-state index contributed by atoms with van der Waals surface area (Å²) in [5.41, 5.74) is 4.06. The first-order valence-electron chi connectivity index (χ1n) is 8.30. The molecule has 0 bridgehead atoms. The number of nitrogens with zero attached hydrogens (tertiary/aromatic N) is 2. The average molecular weight is 435 g/mol. The Balaban J connectivity index is 1.83. The van der Waals surface area contributed by atoms with Gasteiger partial charge in [0.2, 0.25) is 0 Å². The van der Waals surface area contributed by atoms with E-state index in [1.807, 2.05) is 0 Å². The predicted molar refractivity (Wildman–Crippen MR) is 117 cm³/mol. The Labute approximate surface area is 175 Å². The third-order valence-corrected chi connectivity index (χ3v) is 5.99. The first-order chi connectivity index (χ1) is 13.1. The molecule has 0 aliphatic heterocycles. The molecule has 0 saturated carbocycles. The first-order valence-corrected chi connectivity index (χ1v) is 10.3. The van der Waals surface area contributed by atoms with Crippen molar-refractivity contribution in [3.63, 3.8) is 0 Å². The van der Waals surface area contributed by atoms with Gasteiger partial charge in [0.05, 0.1) is 21.1 Å². The summed E-state index contributed by atoms with van der Waals surface area (Å²) < 4.78 is 0. The smallest absolute Gasteiger partial charge is 0.143 e. The minimum Gasteiger partial charge on any atom is -0.337 e. The van der Waals surface area contributed by atoms with E-state index in [1.165, 1.54) is 11.9 Å². The molecule has 136 valence electrons. The monoisotopic (exact) mass is 433 g/mol. The minimum atomic E-state index is 0.434. The van der Waals surface area contributed by atoms with Crippen molar-refractivity contribution in [2.24, 2.45) is 0 Å². The molecule has 0 atom stereocenters. The highest BCUT2D eigenvalue weighted by Gasteiger charge is 2.16. The molecule has 2 aromatic heterocycles. The Morgan fingerprint density at radius 2 is 1.70 bits per heavy atom. The zero-order chi connectivity index (χ0) is 19.0. The van der Waals surface area contributed by atoms with Crippen LogP contribution in [0.4, 0.5) is 11.5 Å². The SMILES string of the molecule is CCc1ccc(-c2csc3ncnc(Nc4c(Cl)cc(Cl)cc4Cl)c23)cc1. The number of benzene rings is 2. The predicted octanol–water partition coefficient (Wildman–Crippen LogP) is 7.62. The molecular weight excluding hydrogens is 421 g/mol. The third kappa shape index (κ3) is 3.63. The lowest BCUT2D eigenvalue weighted by atomic mass is 10.0. The number of thiophene rings is 1. The zero-order valence-electron chi connectivity index (χ0n) is 14.3. The van der Waals surface area contributed by atoms with Crippen LogP contribution in [0.5, 0.6) is 0 Å². The minimum absolute atomic E-state index is 0.434. The molecule has 0 aliphatic carbocycles. The van der Waals surface area contributed by atoms with E-state index in [4.69, 9.17) is 34.8 Å². The van der Waals surface area contributed by atoms with Gasteiger partial charge in [-0.25, -0.2) is 9.97 Å². The molecule has 0 spiro atoms. The number of fused-ring (bicyclic) bond motifs is 1. The van der Waals surface area contributed by atoms with Crippen molar-refractivity contribution in [2.75, 3.05) is 5.32 Å². The standard InChI is InChI=1S/C20H14Cl3N3S/c1-2-11-3-5-12(6-4-11)14-9-27-20-17(14)19(24-10-25-20)26-18-15(22)7-13(21)8-16(18)23/h3-10H,2H2,1H3,(H,24,25,26). The summed E-state index contributed by atoms with van der Waals surface area (Å²) in [6.45, 7) is 2.14. The Hall–Kier alpha value is -1.85. The first kappa shape index (κ1) is 18.5. The molecule has 3 nitrogen and oxygen atoms in total. The van der Waals surface area contributed by atoms with Gasteiger partial charge in [0.15, 0.2) is 0 Å². The van der Waals surface area contributed by atoms with Crippen LogP contribution in [0.25, 0.3) is 21.3 Å². The van der Waals surface area contributed by atoms with Crippen LogP contribution < -0.4 is 5.32 Å². The summed E-state index contributed by atoms with van der Waals surface area (Å²) in [7, 11) is 0. The summed E-state index contributed by atoms with van der Waals surface area (Å²) in [6, 6.07) is 11.8. The van der Waals surface area contributed by atoms with Crippen molar-refractivity contribution < 1.29 is 0 Å². The van der Waals surface area contributed by atoms with Gasteiger partial charge in [-0.2, -0.15) is 0 Å². The molecule has 2 heterocycles. The summed E-state index contributed by atoms with van der Waals surface area (Å²) in [5.74, 6) is 0.655. The zero-order valence-corrected chi connectivity index (χ0v) is 17.3. The van der Waals surface area contributed by atoms with Gasteiger partial charge in [0.25, 0.3) is 0 Å². The maximum absolute atomic E-state index is 6.33. The number of nitrogens with one attached hydrogen (secondary N) is 1. The second-order valence-corrected chi connectivity index (χ2v) is 8.08. The number of hydrogen-bond donors (Lipinski definition) is 1. The quantitative estimate of drug-likeness (QED) is 0.359. The van der Waals surface area contributed by atoms with Crippen molar-refractivity contribution in [3.8, 4) is 11.1 Å². The van der Waals surface area contributed by atoms with Crippen LogP contribution >= 0.6 is 46.1 Å². The van der Waals surface area contributed by atoms with Crippen LogP contribution in [0.1, 0.15) is 12.5 Å². The van der Waals surface area contributed by atoms with Crippen LogP contribution in [0.15, 0.2) is 48.1 Å². The fourth-order valence-electron chi connectivity index (χ4n) is 2.88. The van der Waals surface area contributed by atoms with Gasteiger partial charge in [0, 0.05) is 16.0 Å². The van der Waals surface area contributed by atoms with Crippen molar-refractivity contribution in [1.29, 1.82) is 0 Å². The third-order valence-electron chi connectivity index (χ3n) is 4.29. The normalized spacial score (nSPS) is 11.1. The van der Waals surface area contributed by atoms with E-state index in [9.17, 15) is 0 Å². The highest BCUT2D eigenvalue weighted by atomic mass is 35.5. The van der Waals surface area contributed by atoms with E-state index in [0.717, 1.165) is 27.8 Å². The van der Waals surface area contributed by atoms with Crippen LogP contribution in [0, 0.1) is 0 Å². The fraction of sp³-hybridized carbons (Fsp3) is 0.100. The van der Waals surface area contributed by atoms with E-state index in [-0.39, 0.29) is 0 Å². The van der Waals surface area contributed by atoms with Crippen LogP contribution in [0.3, 0.4) is 0 Å². The summed E-state index contributed by atoms with van der Waals surface area (Å²) in [5, 5.41) is 7.64. The molecule has 4 aromatic rings. The molecule has 0 saturated heterocycles. The fourth-order valence-corrected chi connectivity index (χ4v) is 4.71. The summed E-state index contributed by atoms with van der Waals surface area (Å²) in [6.07, 6.45) is 2.54. The highest BCUT2D eigenvalue weighted by molar-refractivity contribution is 7.17. The van der Waals surface area contributed by atoms with E-state index in [0.29, 0.717) is 26.6 Å². The number of hydrogen-bond acceptors (Lipinski definition) is 4. The van der Waals surface area contributed by atoms with Gasteiger partial charge < -0.3 is 5.32 Å². The van der Waals surface area contributed by atoms with Gasteiger partial charge in [-0.1, -0.05) is 66.0 Å². The Morgan fingerprint density at radius 1 is 1.00 bits per heavy atom. The Bertz CT molecular complexity index is 1100. The molecule has 27 heavy (non-hydrogen) atoms. The highest BCUT2D eigenvalue weighted by Crippen LogP contribution is 2.40. The number of aryl methyl sites for hydroxylation is 1. The number of rotatable bonds is 4. The van der Waals surface area contributed by atoms with E-state index >= 15 is 0 Å². The number of anilines is 2. The number of aromatic nitrogens is 2. The molecule has 7 heteroatoms. The second-order valence-electron chi connectivity index (χ2n) is 5.97. The molecule has 4 rings (SSSR count). The van der Waals surface area contributed by atoms with E-state index in [1.54, 1.807) is 23.5 Å². The molecule has 0 amide bonds. The number of halogens is 3. The molecule has 0 unspecified atom stereocenters.